The second-order valence-electron chi connectivity index (χ2n) is 15.0. The third kappa shape index (κ3) is 7.24. The summed E-state index contributed by atoms with van der Waals surface area (Å²) in [5.41, 5.74) is 3.87. The number of carbonyl (C=O) groups excluding carboxylic acids is 1. The van der Waals surface area contributed by atoms with Crippen molar-refractivity contribution in [1.29, 1.82) is 0 Å². The van der Waals surface area contributed by atoms with E-state index in [4.69, 9.17) is 9.47 Å². The number of ether oxygens (including phenoxy) is 2. The van der Waals surface area contributed by atoms with E-state index in [1.807, 2.05) is 32.0 Å². The van der Waals surface area contributed by atoms with Gasteiger partial charge in [0.05, 0.1) is 41.7 Å². The smallest absolute Gasteiger partial charge is 0.264 e. The summed E-state index contributed by atoms with van der Waals surface area (Å²) in [6.45, 7) is 10.4. The lowest BCUT2D eigenvalue weighted by atomic mass is 9.79. The fraction of sp³-hybridized carbons (Fsp3) is 0.432. The number of sulfonamides is 1. The van der Waals surface area contributed by atoms with E-state index in [9.17, 15) is 13.2 Å². The Morgan fingerprint density at radius 2 is 1.69 bits per heavy atom. The summed E-state index contributed by atoms with van der Waals surface area (Å²) in [6.07, 6.45) is 8.84. The Bertz CT molecular complexity index is 1980. The summed E-state index contributed by atoms with van der Waals surface area (Å²) in [6, 6.07) is 13.2. The first-order valence-electron chi connectivity index (χ1n) is 16.8. The largest absolute Gasteiger partial charge is 0.487 e. The molecule has 49 heavy (non-hydrogen) atoms. The number of hydrogen-bond donors (Lipinski definition) is 1. The van der Waals surface area contributed by atoms with Gasteiger partial charge < -0.3 is 14.4 Å². The van der Waals surface area contributed by atoms with Crippen LogP contribution in [0.1, 0.15) is 80.2 Å². The molecular formula is C37H42N6O5S. The van der Waals surface area contributed by atoms with Crippen LogP contribution in [0.2, 0.25) is 0 Å². The zero-order valence-electron chi connectivity index (χ0n) is 28.6. The Morgan fingerprint density at radius 1 is 1.00 bits per heavy atom. The number of hydrogen-bond acceptors (Lipinski definition) is 9. The molecule has 3 aliphatic rings. The quantitative estimate of drug-likeness (QED) is 0.241. The maximum atomic E-state index is 14.4. The number of nitrogens with zero attached hydrogens (tertiary/aromatic N) is 5. The molecule has 1 amide bonds. The van der Waals surface area contributed by atoms with Gasteiger partial charge in [0.15, 0.2) is 5.75 Å². The van der Waals surface area contributed by atoms with Gasteiger partial charge >= 0.3 is 0 Å². The molecule has 1 N–H and O–H groups in total. The van der Waals surface area contributed by atoms with Crippen molar-refractivity contribution in [3.63, 3.8) is 0 Å². The summed E-state index contributed by atoms with van der Waals surface area (Å²) in [7, 11) is -4.18. The fourth-order valence-electron chi connectivity index (χ4n) is 6.95. The molecule has 0 saturated heterocycles. The number of nitrogens with one attached hydrogen (secondary N) is 1. The van der Waals surface area contributed by atoms with E-state index in [0.717, 1.165) is 29.5 Å². The molecule has 0 radical (unpaired) electrons. The molecule has 2 aromatic carbocycles. The lowest BCUT2D eigenvalue weighted by Gasteiger charge is -2.36. The predicted octanol–water partition coefficient (Wildman–Crippen LogP) is 6.51. The molecule has 0 unspecified atom stereocenters. The molecule has 4 aromatic rings. The van der Waals surface area contributed by atoms with Gasteiger partial charge in [-0.25, -0.2) is 28.1 Å². The topological polar surface area (TPSA) is 136 Å². The van der Waals surface area contributed by atoms with Crippen LogP contribution in [-0.2, 0) is 16.6 Å². The number of aromatic nitrogens is 4. The standard InChI is InChI=1S/C37H42N6O5S/c1-23-8-6-9-24(2)33(23)30-15-32-41-35(40-30)42-49(45,46)29-11-7-10-25(14-29)34(44)43(26(22-47-32)16-36(3,4)5)21-31-38-19-28(20-39-31)48-27-17-37(18-27)12-13-37/h6-11,14-15,19-20,26-27H,12-13,16-18,21-22H2,1-5H3,(H,40,41,42)/t26-/m1/s1. The van der Waals surface area contributed by atoms with Crippen molar-refractivity contribution in [1.82, 2.24) is 24.8 Å². The van der Waals surface area contributed by atoms with Gasteiger partial charge in [-0.1, -0.05) is 45.0 Å². The van der Waals surface area contributed by atoms with Gasteiger partial charge in [-0.3, -0.25) is 4.79 Å². The zero-order chi connectivity index (χ0) is 34.6. The summed E-state index contributed by atoms with van der Waals surface area (Å²) in [4.78, 5) is 34.2. The molecule has 4 bridgehead atoms. The third-order valence-corrected chi connectivity index (χ3v) is 10.9. The Balaban J connectivity index is 1.26. The number of anilines is 1. The Morgan fingerprint density at radius 3 is 2.37 bits per heavy atom. The lowest BCUT2D eigenvalue weighted by Crippen LogP contribution is -2.45. The van der Waals surface area contributed by atoms with Gasteiger partial charge in [0.1, 0.15) is 12.4 Å². The Hall–Kier alpha value is -4.58. The first-order chi connectivity index (χ1) is 23.3. The number of amides is 1. The minimum Gasteiger partial charge on any atom is -0.487 e. The van der Waals surface area contributed by atoms with Gasteiger partial charge in [-0.2, -0.15) is 4.98 Å². The maximum Gasteiger partial charge on any atom is 0.264 e. The highest BCUT2D eigenvalue weighted by atomic mass is 32.2. The van der Waals surface area contributed by atoms with Crippen LogP contribution in [-0.4, -0.2) is 57.9 Å². The molecule has 1 spiro atoms. The summed E-state index contributed by atoms with van der Waals surface area (Å²) in [5, 5.41) is 0. The summed E-state index contributed by atoms with van der Waals surface area (Å²) in [5.74, 6) is 0.740. The molecular weight excluding hydrogens is 641 g/mol. The second-order valence-corrected chi connectivity index (χ2v) is 16.6. The van der Waals surface area contributed by atoms with Gasteiger partial charge in [-0.15, -0.1) is 0 Å². The highest BCUT2D eigenvalue weighted by Gasteiger charge is 2.54. The molecule has 1 atom stereocenters. The molecule has 7 rings (SSSR count). The first-order valence-corrected chi connectivity index (χ1v) is 18.2. The van der Waals surface area contributed by atoms with E-state index in [2.05, 4.69) is 45.4 Å². The van der Waals surface area contributed by atoms with Crippen LogP contribution >= 0.6 is 0 Å². The van der Waals surface area contributed by atoms with E-state index in [-0.39, 0.29) is 52.9 Å². The van der Waals surface area contributed by atoms with Crippen molar-refractivity contribution in [3.05, 3.63) is 83.4 Å². The van der Waals surface area contributed by atoms with Crippen LogP contribution in [0.5, 0.6) is 11.6 Å². The van der Waals surface area contributed by atoms with Crippen LogP contribution in [0.3, 0.4) is 0 Å². The van der Waals surface area contributed by atoms with Crippen molar-refractivity contribution in [2.45, 2.75) is 90.3 Å². The van der Waals surface area contributed by atoms with Crippen molar-refractivity contribution in [3.8, 4) is 22.9 Å². The maximum absolute atomic E-state index is 14.4. The minimum atomic E-state index is -4.18. The van der Waals surface area contributed by atoms with Crippen molar-refractivity contribution in [2.75, 3.05) is 11.3 Å². The fourth-order valence-corrected chi connectivity index (χ4v) is 7.94. The van der Waals surface area contributed by atoms with E-state index in [1.54, 1.807) is 35.5 Å². The zero-order valence-corrected chi connectivity index (χ0v) is 29.4. The molecule has 2 fully saturated rings. The number of benzene rings is 2. The SMILES string of the molecule is Cc1cccc(C)c1-c1cc2nc(n1)NS(=O)(=O)c1cccc(c1)C(=O)N(Cc1ncc(OC3CC4(CC4)C3)cn1)[C@H](CC(C)(C)C)CO2. The van der Waals surface area contributed by atoms with E-state index in [0.29, 0.717) is 29.1 Å². The highest BCUT2D eigenvalue weighted by molar-refractivity contribution is 7.92. The Kier molecular flexibility index (Phi) is 8.33. The third-order valence-electron chi connectivity index (χ3n) is 9.60. The van der Waals surface area contributed by atoms with Crippen molar-refractivity contribution in [2.24, 2.45) is 10.8 Å². The van der Waals surface area contributed by atoms with Crippen molar-refractivity contribution < 1.29 is 22.7 Å². The summed E-state index contributed by atoms with van der Waals surface area (Å²) >= 11 is 0. The average molecular weight is 683 g/mol. The van der Waals surface area contributed by atoms with Gasteiger partial charge in [0.2, 0.25) is 11.8 Å². The van der Waals surface area contributed by atoms with Crippen molar-refractivity contribution >= 4 is 21.9 Å². The summed E-state index contributed by atoms with van der Waals surface area (Å²) < 4.78 is 42.3. The Labute approximate surface area is 287 Å². The predicted molar refractivity (Wildman–Crippen MR) is 185 cm³/mol. The molecule has 1 aliphatic heterocycles. The highest BCUT2D eigenvalue weighted by Crippen LogP contribution is 2.61. The van der Waals surface area contributed by atoms with Crippen LogP contribution in [0.4, 0.5) is 5.95 Å². The normalized spacial score (nSPS) is 19.8. The number of carbonyl (C=O) groups is 1. The van der Waals surface area contributed by atoms with Crippen LogP contribution in [0, 0.1) is 24.7 Å². The molecule has 2 aromatic heterocycles. The lowest BCUT2D eigenvalue weighted by molar-refractivity contribution is 0.0488. The molecule has 11 nitrogen and oxygen atoms in total. The van der Waals surface area contributed by atoms with Crippen LogP contribution in [0.15, 0.2) is 65.8 Å². The second kappa shape index (κ2) is 12.4. The minimum absolute atomic E-state index is 0.0770. The van der Waals surface area contributed by atoms with E-state index in [1.165, 1.54) is 25.0 Å². The van der Waals surface area contributed by atoms with Crippen LogP contribution in [0.25, 0.3) is 11.3 Å². The molecule has 3 heterocycles. The molecule has 12 heteroatoms. The van der Waals surface area contributed by atoms with Crippen LogP contribution < -0.4 is 14.2 Å². The number of fused-ring (bicyclic) bond motifs is 4. The number of aryl methyl sites for hydroxylation is 2. The average Bonchev–Trinajstić information content (AvgIpc) is 3.82. The number of rotatable bonds is 6. The molecule has 2 saturated carbocycles. The molecule has 2 aliphatic carbocycles. The van der Waals surface area contributed by atoms with Gasteiger partial charge in [0.25, 0.3) is 15.9 Å². The van der Waals surface area contributed by atoms with Gasteiger partial charge in [0, 0.05) is 17.2 Å². The molecule has 256 valence electrons. The van der Waals surface area contributed by atoms with E-state index < -0.39 is 16.1 Å². The van der Waals surface area contributed by atoms with Gasteiger partial charge in [-0.05, 0) is 86.1 Å². The first kappa shape index (κ1) is 32.9. The van der Waals surface area contributed by atoms with E-state index >= 15 is 0 Å². The monoisotopic (exact) mass is 682 g/mol.